The fourth-order valence-corrected chi connectivity index (χ4v) is 1.98. The monoisotopic (exact) mass is 336 g/mol. The molecule has 0 aromatic heterocycles. The average Bonchev–Trinajstić information content (AvgIpc) is 2.30. The van der Waals surface area contributed by atoms with Crippen LogP contribution in [0, 0.1) is 5.82 Å². The summed E-state index contributed by atoms with van der Waals surface area (Å²) in [6.45, 7) is 1.78. The Kier molecular flexibility index (Phi) is 5.62. The molecule has 0 bridgehead atoms. The van der Waals surface area contributed by atoms with Crippen molar-refractivity contribution in [2.75, 3.05) is 6.61 Å². The fraction of sp³-hybridized carbons (Fsp3) is 0.250. The predicted molar refractivity (Wildman–Crippen MR) is 70.6 cm³/mol. The predicted octanol–water partition coefficient (Wildman–Crippen LogP) is 4.04. The first-order valence-corrected chi connectivity index (χ1v) is 6.32. The molecule has 0 spiro atoms. The molecule has 3 nitrogen and oxygen atoms in total. The lowest BCUT2D eigenvalue weighted by atomic mass is 10.2. The molecule has 0 saturated carbocycles. The number of hydrogen-bond donors (Lipinski definition) is 1. The third-order valence-electron chi connectivity index (χ3n) is 2.20. The van der Waals surface area contributed by atoms with Crippen molar-refractivity contribution in [3.05, 3.63) is 39.1 Å². The first kappa shape index (κ1) is 15.0. The fourth-order valence-electron chi connectivity index (χ4n) is 1.23. The molecule has 6 heteroatoms. The van der Waals surface area contributed by atoms with Crippen LogP contribution >= 0.6 is 27.5 Å². The average molecular weight is 338 g/mol. The standard InChI is InChI=1S/C12H11BrClFO3/c1-2-7(12(16)17)3-4-18-11-6-10(15)9(14)5-8(11)13/h3,5-6H,2,4H2,1H3,(H,16,17)/b7-3-. The first-order valence-electron chi connectivity index (χ1n) is 5.15. The van der Waals surface area contributed by atoms with Gasteiger partial charge in [0.05, 0.1) is 9.50 Å². The summed E-state index contributed by atoms with van der Waals surface area (Å²) in [7, 11) is 0. The van der Waals surface area contributed by atoms with E-state index in [4.69, 9.17) is 21.4 Å². The van der Waals surface area contributed by atoms with Crippen LogP contribution in [-0.2, 0) is 4.79 Å². The van der Waals surface area contributed by atoms with Crippen molar-refractivity contribution in [2.45, 2.75) is 13.3 Å². The maximum atomic E-state index is 13.2. The van der Waals surface area contributed by atoms with Gasteiger partial charge in [0.2, 0.25) is 0 Å². The Hall–Kier alpha value is -1.07. The van der Waals surface area contributed by atoms with Crippen LogP contribution in [0.2, 0.25) is 5.02 Å². The topological polar surface area (TPSA) is 46.5 Å². The van der Waals surface area contributed by atoms with E-state index in [1.807, 2.05) is 0 Å². The molecule has 0 saturated heterocycles. The van der Waals surface area contributed by atoms with Gasteiger partial charge in [-0.2, -0.15) is 0 Å². The van der Waals surface area contributed by atoms with E-state index in [-0.39, 0.29) is 23.0 Å². The van der Waals surface area contributed by atoms with E-state index in [1.165, 1.54) is 12.1 Å². The summed E-state index contributed by atoms with van der Waals surface area (Å²) in [5.41, 5.74) is 0.251. The Bertz CT molecular complexity index is 488. The van der Waals surface area contributed by atoms with E-state index in [1.54, 1.807) is 6.92 Å². The largest absolute Gasteiger partial charge is 0.488 e. The van der Waals surface area contributed by atoms with Gasteiger partial charge in [0.15, 0.2) is 0 Å². The van der Waals surface area contributed by atoms with E-state index in [2.05, 4.69) is 15.9 Å². The normalized spacial score (nSPS) is 11.4. The van der Waals surface area contributed by atoms with Crippen molar-refractivity contribution in [3.8, 4) is 5.75 Å². The van der Waals surface area contributed by atoms with Crippen LogP contribution in [0.25, 0.3) is 0 Å². The number of carboxylic acids is 1. The van der Waals surface area contributed by atoms with Gasteiger partial charge in [-0.3, -0.25) is 0 Å². The number of carboxylic acid groups (broad SMARTS) is 1. The summed E-state index contributed by atoms with van der Waals surface area (Å²) in [6.07, 6.45) is 1.84. The smallest absolute Gasteiger partial charge is 0.331 e. The zero-order valence-corrected chi connectivity index (χ0v) is 11.9. The Labute approximate surface area is 117 Å². The molecule has 0 atom stereocenters. The van der Waals surface area contributed by atoms with E-state index in [9.17, 15) is 9.18 Å². The van der Waals surface area contributed by atoms with Gasteiger partial charge in [0.1, 0.15) is 18.2 Å². The Morgan fingerprint density at radius 3 is 2.83 bits per heavy atom. The minimum atomic E-state index is -0.984. The summed E-state index contributed by atoms with van der Waals surface area (Å²) in [4.78, 5) is 10.7. The molecular formula is C12H11BrClFO3. The molecular weight excluding hydrogens is 326 g/mol. The summed E-state index contributed by atoms with van der Waals surface area (Å²) >= 11 is 8.77. The van der Waals surface area contributed by atoms with Crippen LogP contribution in [0.3, 0.4) is 0 Å². The van der Waals surface area contributed by atoms with Crippen LogP contribution in [0.15, 0.2) is 28.3 Å². The molecule has 0 heterocycles. The second-order valence-electron chi connectivity index (χ2n) is 3.40. The van der Waals surface area contributed by atoms with Crippen molar-refractivity contribution >= 4 is 33.5 Å². The van der Waals surface area contributed by atoms with Gasteiger partial charge in [-0.05, 0) is 34.5 Å². The van der Waals surface area contributed by atoms with Gasteiger partial charge < -0.3 is 9.84 Å². The Morgan fingerprint density at radius 1 is 1.61 bits per heavy atom. The molecule has 18 heavy (non-hydrogen) atoms. The van der Waals surface area contributed by atoms with E-state index < -0.39 is 11.8 Å². The molecule has 0 aliphatic carbocycles. The number of aliphatic carboxylic acids is 1. The van der Waals surface area contributed by atoms with Crippen molar-refractivity contribution in [3.63, 3.8) is 0 Å². The summed E-state index contributed by atoms with van der Waals surface area (Å²) < 4.78 is 19.0. The molecule has 0 fully saturated rings. The number of benzene rings is 1. The maximum Gasteiger partial charge on any atom is 0.331 e. The quantitative estimate of drug-likeness (QED) is 0.651. The van der Waals surface area contributed by atoms with Crippen LogP contribution in [0.4, 0.5) is 4.39 Å². The van der Waals surface area contributed by atoms with Gasteiger partial charge in [-0.1, -0.05) is 18.5 Å². The molecule has 0 radical (unpaired) electrons. The van der Waals surface area contributed by atoms with Crippen LogP contribution in [0.1, 0.15) is 13.3 Å². The lowest BCUT2D eigenvalue weighted by Gasteiger charge is -2.07. The van der Waals surface area contributed by atoms with Gasteiger partial charge in [0, 0.05) is 11.6 Å². The maximum absolute atomic E-state index is 13.2. The molecule has 0 amide bonds. The third kappa shape index (κ3) is 3.99. The number of halogens is 3. The molecule has 98 valence electrons. The SMILES string of the molecule is CC/C(=C/COc1cc(F)c(Cl)cc1Br)C(=O)O. The second-order valence-corrected chi connectivity index (χ2v) is 4.66. The minimum Gasteiger partial charge on any atom is -0.488 e. The number of ether oxygens (including phenoxy) is 1. The highest BCUT2D eigenvalue weighted by atomic mass is 79.9. The Balaban J connectivity index is 2.75. The molecule has 1 N–H and O–H groups in total. The number of carbonyl (C=O) groups is 1. The molecule has 1 aromatic rings. The minimum absolute atomic E-state index is 0.00968. The molecule has 0 aliphatic rings. The highest BCUT2D eigenvalue weighted by Gasteiger charge is 2.08. The zero-order valence-electron chi connectivity index (χ0n) is 9.54. The summed E-state index contributed by atoms with van der Waals surface area (Å²) in [5, 5.41) is 8.79. The molecule has 1 rings (SSSR count). The van der Waals surface area contributed by atoms with E-state index in [0.717, 1.165) is 6.07 Å². The van der Waals surface area contributed by atoms with Crippen molar-refractivity contribution in [1.29, 1.82) is 0 Å². The summed E-state index contributed by atoms with van der Waals surface area (Å²) in [6, 6.07) is 2.53. The highest BCUT2D eigenvalue weighted by Crippen LogP contribution is 2.30. The van der Waals surface area contributed by atoms with Crippen LogP contribution < -0.4 is 4.74 Å². The molecule has 1 aromatic carbocycles. The third-order valence-corrected chi connectivity index (χ3v) is 3.11. The Morgan fingerprint density at radius 2 is 2.28 bits per heavy atom. The van der Waals surface area contributed by atoms with Crippen molar-refractivity contribution in [1.82, 2.24) is 0 Å². The number of rotatable bonds is 5. The molecule has 0 unspecified atom stereocenters. The van der Waals surface area contributed by atoms with E-state index in [0.29, 0.717) is 10.9 Å². The zero-order chi connectivity index (χ0) is 13.7. The first-order chi connectivity index (χ1) is 8.45. The van der Waals surface area contributed by atoms with E-state index >= 15 is 0 Å². The van der Waals surface area contributed by atoms with Crippen molar-refractivity contribution < 1.29 is 19.0 Å². The van der Waals surface area contributed by atoms with Gasteiger partial charge >= 0.3 is 5.97 Å². The van der Waals surface area contributed by atoms with Gasteiger partial charge in [-0.15, -0.1) is 0 Å². The van der Waals surface area contributed by atoms with Gasteiger partial charge in [0.25, 0.3) is 0 Å². The second kappa shape index (κ2) is 6.75. The van der Waals surface area contributed by atoms with Gasteiger partial charge in [-0.25, -0.2) is 9.18 Å². The molecule has 0 aliphatic heterocycles. The van der Waals surface area contributed by atoms with Crippen molar-refractivity contribution in [2.24, 2.45) is 0 Å². The van der Waals surface area contributed by atoms with Crippen LogP contribution in [-0.4, -0.2) is 17.7 Å². The summed E-state index contributed by atoms with van der Waals surface area (Å²) in [5.74, 6) is -1.30. The highest BCUT2D eigenvalue weighted by molar-refractivity contribution is 9.10. The number of hydrogen-bond acceptors (Lipinski definition) is 2. The lowest BCUT2D eigenvalue weighted by molar-refractivity contribution is -0.132. The lowest BCUT2D eigenvalue weighted by Crippen LogP contribution is -2.03. The van der Waals surface area contributed by atoms with Crippen LogP contribution in [0.5, 0.6) is 5.75 Å².